The summed E-state index contributed by atoms with van der Waals surface area (Å²) in [4.78, 5) is 24.7. The summed E-state index contributed by atoms with van der Waals surface area (Å²) in [7, 11) is 1.94. The molecule has 0 radical (unpaired) electrons. The Balaban J connectivity index is 1.94. The molecule has 7 heteroatoms. The number of benzene rings is 1. The number of hydrogen-bond acceptors (Lipinski definition) is 3. The monoisotopic (exact) mass is 372 g/mol. The van der Waals surface area contributed by atoms with Gasteiger partial charge in [-0.05, 0) is 32.4 Å². The summed E-state index contributed by atoms with van der Waals surface area (Å²) in [5, 5.41) is 9.71. The highest BCUT2D eigenvalue weighted by Gasteiger charge is 2.19. The molecular formula is C20H30N5O2+. The summed E-state index contributed by atoms with van der Waals surface area (Å²) in [5.41, 5.74) is 4.16. The quantitative estimate of drug-likeness (QED) is 0.608. The minimum atomic E-state index is -0.425. The fourth-order valence-electron chi connectivity index (χ4n) is 2.98. The fourth-order valence-corrected chi connectivity index (χ4v) is 2.98. The molecule has 1 heterocycles. The SMILES string of the molecule is CCCCNC(=O)NC(=O)C[NH+](C)Cc1c(C)nn(-c2ccccc2)c1C. The molecule has 0 saturated heterocycles. The molecule has 1 atom stereocenters. The van der Waals surface area contributed by atoms with Crippen LogP contribution in [0.4, 0.5) is 4.79 Å². The second kappa shape index (κ2) is 9.87. The lowest BCUT2D eigenvalue weighted by molar-refractivity contribution is -0.885. The topological polar surface area (TPSA) is 80.5 Å². The van der Waals surface area contributed by atoms with Gasteiger partial charge in [0.1, 0.15) is 6.54 Å². The maximum atomic E-state index is 12.1. The normalized spacial score (nSPS) is 11.9. The van der Waals surface area contributed by atoms with Gasteiger partial charge in [-0.25, -0.2) is 9.48 Å². The molecule has 1 unspecified atom stereocenters. The van der Waals surface area contributed by atoms with Crippen LogP contribution in [0.1, 0.15) is 36.7 Å². The molecule has 0 spiro atoms. The molecule has 27 heavy (non-hydrogen) atoms. The molecule has 2 aromatic rings. The predicted molar refractivity (Wildman–Crippen MR) is 105 cm³/mol. The second-order valence-corrected chi connectivity index (χ2v) is 6.87. The molecular weight excluding hydrogens is 342 g/mol. The van der Waals surface area contributed by atoms with Crippen molar-refractivity contribution in [2.75, 3.05) is 20.1 Å². The summed E-state index contributed by atoms with van der Waals surface area (Å²) in [6.07, 6.45) is 1.90. The summed E-state index contributed by atoms with van der Waals surface area (Å²) >= 11 is 0. The van der Waals surface area contributed by atoms with Crippen molar-refractivity contribution < 1.29 is 14.5 Å². The number of urea groups is 1. The van der Waals surface area contributed by atoms with Crippen LogP contribution in [0.15, 0.2) is 30.3 Å². The van der Waals surface area contributed by atoms with Gasteiger partial charge in [-0.15, -0.1) is 0 Å². The van der Waals surface area contributed by atoms with Crippen molar-refractivity contribution in [2.24, 2.45) is 0 Å². The molecule has 1 aromatic carbocycles. The Morgan fingerprint density at radius 3 is 2.56 bits per heavy atom. The minimum absolute atomic E-state index is 0.219. The van der Waals surface area contributed by atoms with Crippen LogP contribution in [-0.2, 0) is 11.3 Å². The predicted octanol–water partition coefficient (Wildman–Crippen LogP) is 1.13. The van der Waals surface area contributed by atoms with Gasteiger partial charge < -0.3 is 10.2 Å². The first kappa shape index (κ1) is 20.6. The number of nitrogens with zero attached hydrogens (tertiary/aromatic N) is 2. The Kier molecular flexibility index (Phi) is 7.55. The number of aromatic nitrogens is 2. The van der Waals surface area contributed by atoms with Crippen molar-refractivity contribution in [3.05, 3.63) is 47.3 Å². The number of nitrogens with one attached hydrogen (secondary N) is 3. The number of aryl methyl sites for hydroxylation is 1. The van der Waals surface area contributed by atoms with E-state index in [1.54, 1.807) is 0 Å². The second-order valence-electron chi connectivity index (χ2n) is 6.87. The molecule has 7 nitrogen and oxygen atoms in total. The number of carbonyl (C=O) groups is 2. The zero-order chi connectivity index (χ0) is 19.8. The van der Waals surface area contributed by atoms with Crippen molar-refractivity contribution in [3.63, 3.8) is 0 Å². The van der Waals surface area contributed by atoms with Gasteiger partial charge in [-0.3, -0.25) is 10.1 Å². The average molecular weight is 372 g/mol. The maximum Gasteiger partial charge on any atom is 0.321 e. The van der Waals surface area contributed by atoms with Gasteiger partial charge in [0.2, 0.25) is 0 Å². The van der Waals surface area contributed by atoms with Gasteiger partial charge in [0.25, 0.3) is 5.91 Å². The molecule has 0 aliphatic heterocycles. The third-order valence-electron chi connectivity index (χ3n) is 4.45. The highest BCUT2D eigenvalue weighted by molar-refractivity contribution is 5.94. The number of carbonyl (C=O) groups excluding carboxylic acids is 2. The smallest absolute Gasteiger partial charge is 0.321 e. The van der Waals surface area contributed by atoms with Crippen LogP contribution in [0.25, 0.3) is 5.69 Å². The average Bonchev–Trinajstić information content (AvgIpc) is 2.90. The number of amides is 3. The minimum Gasteiger partial charge on any atom is -0.338 e. The summed E-state index contributed by atoms with van der Waals surface area (Å²) in [5.74, 6) is -0.285. The van der Waals surface area contributed by atoms with Crippen LogP contribution < -0.4 is 15.5 Å². The van der Waals surface area contributed by atoms with Crippen LogP contribution in [0.2, 0.25) is 0 Å². The van der Waals surface area contributed by atoms with E-state index in [2.05, 4.69) is 15.7 Å². The van der Waals surface area contributed by atoms with Crippen molar-refractivity contribution in [1.82, 2.24) is 20.4 Å². The highest BCUT2D eigenvalue weighted by Crippen LogP contribution is 2.16. The van der Waals surface area contributed by atoms with Gasteiger partial charge in [0.05, 0.1) is 29.7 Å². The molecule has 1 aromatic heterocycles. The van der Waals surface area contributed by atoms with Crippen LogP contribution in [0, 0.1) is 13.8 Å². The Hall–Kier alpha value is -2.67. The van der Waals surface area contributed by atoms with E-state index in [0.717, 1.165) is 40.4 Å². The summed E-state index contributed by atoms with van der Waals surface area (Å²) in [6, 6.07) is 9.56. The van der Waals surface area contributed by atoms with Crippen molar-refractivity contribution >= 4 is 11.9 Å². The Labute approximate surface area is 160 Å². The van der Waals surface area contributed by atoms with Crippen molar-refractivity contribution in [2.45, 2.75) is 40.2 Å². The van der Waals surface area contributed by atoms with E-state index in [0.29, 0.717) is 13.1 Å². The fraction of sp³-hybridized carbons (Fsp3) is 0.450. The van der Waals surface area contributed by atoms with Crippen LogP contribution in [-0.4, -0.2) is 41.9 Å². The van der Waals surface area contributed by atoms with Gasteiger partial charge >= 0.3 is 6.03 Å². The van der Waals surface area contributed by atoms with E-state index in [4.69, 9.17) is 0 Å². The Morgan fingerprint density at radius 1 is 1.19 bits per heavy atom. The summed E-state index contributed by atoms with van der Waals surface area (Å²) in [6.45, 7) is 7.53. The zero-order valence-electron chi connectivity index (χ0n) is 16.6. The van der Waals surface area contributed by atoms with Crippen molar-refractivity contribution in [1.29, 1.82) is 0 Å². The van der Waals surface area contributed by atoms with Crippen molar-refractivity contribution in [3.8, 4) is 5.69 Å². The van der Waals surface area contributed by atoms with E-state index >= 15 is 0 Å². The third kappa shape index (κ3) is 5.92. The van der Waals surface area contributed by atoms with E-state index in [1.165, 1.54) is 0 Å². The first-order valence-electron chi connectivity index (χ1n) is 9.41. The van der Waals surface area contributed by atoms with E-state index < -0.39 is 6.03 Å². The number of hydrogen-bond donors (Lipinski definition) is 3. The van der Waals surface area contributed by atoms with Gasteiger partial charge in [0.15, 0.2) is 6.54 Å². The highest BCUT2D eigenvalue weighted by atomic mass is 16.2. The van der Waals surface area contributed by atoms with Gasteiger partial charge in [-0.2, -0.15) is 5.10 Å². The molecule has 0 aliphatic carbocycles. The van der Waals surface area contributed by atoms with Gasteiger partial charge in [-0.1, -0.05) is 31.5 Å². The zero-order valence-corrected chi connectivity index (χ0v) is 16.6. The number of rotatable bonds is 8. The number of unbranched alkanes of at least 4 members (excludes halogenated alkanes) is 1. The first-order valence-corrected chi connectivity index (χ1v) is 9.41. The lowest BCUT2D eigenvalue weighted by atomic mass is 10.2. The summed E-state index contributed by atoms with van der Waals surface area (Å²) < 4.78 is 1.93. The number of para-hydroxylation sites is 1. The standard InChI is InChI=1S/C20H29N5O2/c1-5-6-12-21-20(27)22-19(26)14-24(4)13-18-15(2)23-25(16(18)3)17-10-8-7-9-11-17/h7-11H,5-6,12-14H2,1-4H3,(H2,21,22,26,27)/p+1. The van der Waals surface area contributed by atoms with Gasteiger partial charge in [0, 0.05) is 6.54 Å². The van der Waals surface area contributed by atoms with Crippen LogP contribution >= 0.6 is 0 Å². The van der Waals surface area contributed by atoms with Crippen LogP contribution in [0.5, 0.6) is 0 Å². The molecule has 146 valence electrons. The number of imide groups is 1. The Morgan fingerprint density at radius 2 is 1.89 bits per heavy atom. The molecule has 0 saturated carbocycles. The molecule has 0 fully saturated rings. The lowest BCUT2D eigenvalue weighted by Crippen LogP contribution is -3.09. The van der Waals surface area contributed by atoms with E-state index in [-0.39, 0.29) is 12.5 Å². The largest absolute Gasteiger partial charge is 0.338 e. The Bertz CT molecular complexity index is 770. The molecule has 0 aliphatic rings. The third-order valence-corrected chi connectivity index (χ3v) is 4.45. The van der Waals surface area contributed by atoms with E-state index in [1.807, 2.05) is 62.8 Å². The molecule has 0 bridgehead atoms. The van der Waals surface area contributed by atoms with E-state index in [9.17, 15) is 9.59 Å². The number of quaternary nitrogens is 1. The van der Waals surface area contributed by atoms with Crippen LogP contribution in [0.3, 0.4) is 0 Å². The molecule has 2 rings (SSSR count). The first-order chi connectivity index (χ1) is 12.9. The molecule has 3 amide bonds. The molecule has 3 N–H and O–H groups in total. The lowest BCUT2D eigenvalue weighted by Gasteiger charge is -2.14. The number of likely N-dealkylation sites (N-methyl/N-ethyl adjacent to an activating group) is 1. The maximum absolute atomic E-state index is 12.1.